The lowest BCUT2D eigenvalue weighted by molar-refractivity contribution is 0.224. The molecule has 2 aliphatic carbocycles. The molecule has 0 atom stereocenters. The van der Waals surface area contributed by atoms with E-state index in [2.05, 4.69) is 6.92 Å². The van der Waals surface area contributed by atoms with E-state index < -0.39 is 17.5 Å². The van der Waals surface area contributed by atoms with Crippen LogP contribution in [0.3, 0.4) is 0 Å². The Morgan fingerprint density at radius 1 is 0.697 bits per heavy atom. The van der Waals surface area contributed by atoms with Gasteiger partial charge >= 0.3 is 0 Å². The second-order valence-electron chi connectivity index (χ2n) is 10.5. The van der Waals surface area contributed by atoms with Gasteiger partial charge in [-0.1, -0.05) is 76.0 Å². The summed E-state index contributed by atoms with van der Waals surface area (Å²) >= 11 is 5.71. The third-order valence-electron chi connectivity index (χ3n) is 8.24. The topological polar surface area (TPSA) is 0 Å². The van der Waals surface area contributed by atoms with Crippen LogP contribution in [-0.2, 0) is 0 Å². The monoisotopic (exact) mass is 476 g/mol. The highest BCUT2D eigenvalue weighted by molar-refractivity contribution is 6.30. The molecule has 0 radical (unpaired) electrons. The number of hydrogen-bond donors (Lipinski definition) is 0. The summed E-state index contributed by atoms with van der Waals surface area (Å²) in [5.41, 5.74) is 0.721. The van der Waals surface area contributed by atoms with Crippen molar-refractivity contribution in [2.24, 2.45) is 17.8 Å². The third-order valence-corrected chi connectivity index (χ3v) is 8.54. The van der Waals surface area contributed by atoms with Gasteiger partial charge in [-0.05, 0) is 84.7 Å². The van der Waals surface area contributed by atoms with Gasteiger partial charge in [0.2, 0.25) is 0 Å². The van der Waals surface area contributed by atoms with Crippen molar-refractivity contribution in [2.45, 2.75) is 89.9 Å². The summed E-state index contributed by atoms with van der Waals surface area (Å²) < 4.78 is 43.5. The van der Waals surface area contributed by atoms with Crippen molar-refractivity contribution in [3.63, 3.8) is 0 Å². The Bertz CT molecular complexity index is 901. The van der Waals surface area contributed by atoms with Crippen molar-refractivity contribution in [3.05, 3.63) is 58.4 Å². The number of benzene rings is 2. The molecular formula is C29H36ClF3. The summed E-state index contributed by atoms with van der Waals surface area (Å²) in [4.78, 5) is 0. The molecule has 4 heteroatoms. The van der Waals surface area contributed by atoms with E-state index in [0.29, 0.717) is 0 Å². The first-order valence-electron chi connectivity index (χ1n) is 12.9. The fourth-order valence-electron chi connectivity index (χ4n) is 6.23. The Morgan fingerprint density at radius 2 is 1.21 bits per heavy atom. The predicted molar refractivity (Wildman–Crippen MR) is 131 cm³/mol. The second kappa shape index (κ2) is 11.3. The van der Waals surface area contributed by atoms with E-state index >= 15 is 0 Å². The molecule has 2 fully saturated rings. The summed E-state index contributed by atoms with van der Waals surface area (Å²) in [5.74, 6) is 0.882. The highest BCUT2D eigenvalue weighted by Gasteiger charge is 2.26. The molecule has 0 N–H and O–H groups in total. The number of halogens is 4. The van der Waals surface area contributed by atoms with Gasteiger partial charge in [-0.15, -0.1) is 0 Å². The summed E-state index contributed by atoms with van der Waals surface area (Å²) in [7, 11) is 0. The Balaban J connectivity index is 1.30. The minimum Gasteiger partial charge on any atom is -0.206 e. The normalized spacial score (nSPS) is 25.8. The summed E-state index contributed by atoms with van der Waals surface area (Å²) in [6.07, 6.45) is 15.3. The summed E-state index contributed by atoms with van der Waals surface area (Å²) in [6, 6.07) is 6.77. The molecule has 0 bridgehead atoms. The zero-order chi connectivity index (χ0) is 23.4. The van der Waals surface area contributed by atoms with Gasteiger partial charge in [0.25, 0.3) is 0 Å². The average Bonchev–Trinajstić information content (AvgIpc) is 2.81. The molecule has 2 aromatic carbocycles. The van der Waals surface area contributed by atoms with Gasteiger partial charge in [0, 0.05) is 0 Å². The Labute approximate surface area is 201 Å². The Kier molecular flexibility index (Phi) is 8.43. The lowest BCUT2D eigenvalue weighted by Gasteiger charge is -2.32. The third kappa shape index (κ3) is 6.15. The molecule has 0 unspecified atom stereocenters. The maximum Gasteiger partial charge on any atom is 0.142 e. The van der Waals surface area contributed by atoms with Crippen LogP contribution >= 0.6 is 11.6 Å². The van der Waals surface area contributed by atoms with Crippen LogP contribution in [0.2, 0.25) is 5.02 Å². The van der Waals surface area contributed by atoms with Crippen molar-refractivity contribution < 1.29 is 13.2 Å². The first-order valence-corrected chi connectivity index (χ1v) is 13.3. The van der Waals surface area contributed by atoms with E-state index in [4.69, 9.17) is 11.6 Å². The molecule has 2 aromatic rings. The van der Waals surface area contributed by atoms with E-state index in [0.717, 1.165) is 55.1 Å². The van der Waals surface area contributed by atoms with Gasteiger partial charge in [-0.2, -0.15) is 0 Å². The van der Waals surface area contributed by atoms with Crippen LogP contribution in [0.25, 0.3) is 11.1 Å². The molecule has 0 aliphatic heterocycles. The van der Waals surface area contributed by atoms with E-state index in [1.54, 1.807) is 0 Å². The number of rotatable bonds is 7. The van der Waals surface area contributed by atoms with Crippen molar-refractivity contribution in [3.8, 4) is 11.1 Å². The molecule has 2 aliphatic rings. The standard InChI is InChI=1S/C29H36ClF3/c1-2-3-19-4-6-20(7-5-19)8-9-21-10-12-22(13-11-21)24-17-27(32)29(28(33)18-24)23-14-15-25(30)26(31)16-23/h14-22H,2-13H2,1H3/t19-,20-,21?,22?. The van der Waals surface area contributed by atoms with E-state index in [-0.39, 0.29) is 22.1 Å². The maximum absolute atomic E-state index is 14.9. The molecule has 0 amide bonds. The largest absolute Gasteiger partial charge is 0.206 e. The van der Waals surface area contributed by atoms with Crippen LogP contribution < -0.4 is 0 Å². The first kappa shape index (κ1) is 24.6. The lowest BCUT2D eigenvalue weighted by atomic mass is 9.74. The summed E-state index contributed by atoms with van der Waals surface area (Å²) in [6.45, 7) is 2.29. The number of hydrogen-bond acceptors (Lipinski definition) is 0. The molecule has 0 heterocycles. The van der Waals surface area contributed by atoms with Crippen molar-refractivity contribution in [2.75, 3.05) is 0 Å². The van der Waals surface area contributed by atoms with Crippen molar-refractivity contribution in [1.29, 1.82) is 0 Å². The molecule has 2 saturated carbocycles. The molecule has 180 valence electrons. The van der Waals surface area contributed by atoms with Gasteiger partial charge in [0.05, 0.1) is 10.6 Å². The van der Waals surface area contributed by atoms with Crippen molar-refractivity contribution in [1.82, 2.24) is 0 Å². The molecule has 0 aromatic heterocycles. The molecule has 0 nitrogen and oxygen atoms in total. The van der Waals surface area contributed by atoms with Gasteiger partial charge in [-0.3, -0.25) is 0 Å². The fourth-order valence-corrected chi connectivity index (χ4v) is 6.35. The van der Waals surface area contributed by atoms with E-state index in [1.165, 1.54) is 75.6 Å². The van der Waals surface area contributed by atoms with E-state index in [9.17, 15) is 13.2 Å². The predicted octanol–water partition coefficient (Wildman–Crippen LogP) is 10.1. The molecule has 4 rings (SSSR count). The molecular weight excluding hydrogens is 441 g/mol. The van der Waals surface area contributed by atoms with Gasteiger partial charge in [-0.25, -0.2) is 13.2 Å². The zero-order valence-corrected chi connectivity index (χ0v) is 20.4. The van der Waals surface area contributed by atoms with Crippen LogP contribution in [-0.4, -0.2) is 0 Å². The minimum atomic E-state index is -0.677. The van der Waals surface area contributed by atoms with Crippen LogP contribution in [0.15, 0.2) is 30.3 Å². The van der Waals surface area contributed by atoms with Crippen LogP contribution in [0.1, 0.15) is 95.5 Å². The van der Waals surface area contributed by atoms with Crippen LogP contribution in [0.4, 0.5) is 13.2 Å². The lowest BCUT2D eigenvalue weighted by Crippen LogP contribution is -2.18. The van der Waals surface area contributed by atoms with Crippen LogP contribution in [0, 0.1) is 35.2 Å². The van der Waals surface area contributed by atoms with Gasteiger partial charge in [0.15, 0.2) is 0 Å². The van der Waals surface area contributed by atoms with Crippen molar-refractivity contribution >= 4 is 11.6 Å². The summed E-state index contributed by atoms with van der Waals surface area (Å²) in [5, 5.41) is -0.0582. The van der Waals surface area contributed by atoms with E-state index in [1.807, 2.05) is 0 Å². The zero-order valence-electron chi connectivity index (χ0n) is 19.7. The van der Waals surface area contributed by atoms with Gasteiger partial charge < -0.3 is 0 Å². The Morgan fingerprint density at radius 3 is 1.73 bits per heavy atom. The quantitative estimate of drug-likeness (QED) is 0.372. The molecule has 0 spiro atoms. The average molecular weight is 477 g/mol. The minimum absolute atomic E-state index is 0.0582. The molecule has 33 heavy (non-hydrogen) atoms. The maximum atomic E-state index is 14.9. The molecule has 0 saturated heterocycles. The highest BCUT2D eigenvalue weighted by Crippen LogP contribution is 2.41. The Hall–Kier alpha value is -1.48. The fraction of sp³-hybridized carbons (Fsp3) is 0.586. The SMILES string of the molecule is CCC[C@H]1CC[C@H](CCC2CCC(c3cc(F)c(-c4ccc(Cl)c(F)c4)c(F)c3)CC2)CC1. The second-order valence-corrected chi connectivity index (χ2v) is 10.9. The smallest absolute Gasteiger partial charge is 0.142 e. The van der Waals surface area contributed by atoms with Gasteiger partial charge in [0.1, 0.15) is 17.5 Å². The first-order chi connectivity index (χ1) is 15.9. The highest BCUT2D eigenvalue weighted by atomic mass is 35.5. The van der Waals surface area contributed by atoms with Crippen LogP contribution in [0.5, 0.6) is 0 Å².